The lowest BCUT2D eigenvalue weighted by Crippen LogP contribution is -2.63. The monoisotopic (exact) mass is 234 g/mol. The highest BCUT2D eigenvalue weighted by Crippen LogP contribution is 2.71. The van der Waals surface area contributed by atoms with Gasteiger partial charge < -0.3 is 0 Å². The van der Waals surface area contributed by atoms with Gasteiger partial charge in [0.25, 0.3) is 0 Å². The van der Waals surface area contributed by atoms with Crippen LogP contribution in [0.4, 0.5) is 0 Å². The summed E-state index contributed by atoms with van der Waals surface area (Å²) in [6.07, 6.45) is 5.83. The van der Waals surface area contributed by atoms with E-state index in [9.17, 15) is 4.79 Å². The molecular weight excluding hydrogens is 208 g/mol. The van der Waals surface area contributed by atoms with Crippen molar-refractivity contribution >= 4 is 5.78 Å². The predicted molar refractivity (Wildman–Crippen MR) is 69.6 cm³/mol. The number of hydrogen-bond acceptors (Lipinski definition) is 1. The number of ketones is 1. The van der Waals surface area contributed by atoms with Crippen LogP contribution in [0.5, 0.6) is 0 Å². The molecule has 3 saturated carbocycles. The van der Waals surface area contributed by atoms with Crippen LogP contribution in [0, 0.1) is 34.5 Å². The van der Waals surface area contributed by atoms with Gasteiger partial charge in [-0.3, -0.25) is 4.79 Å². The molecule has 1 spiro atoms. The molecule has 1 heteroatoms. The molecule has 3 aliphatic rings. The van der Waals surface area contributed by atoms with Crippen molar-refractivity contribution in [2.24, 2.45) is 34.5 Å². The molecule has 0 bridgehead atoms. The van der Waals surface area contributed by atoms with Crippen molar-refractivity contribution in [1.29, 1.82) is 0 Å². The first-order valence-electron chi connectivity index (χ1n) is 7.42. The van der Waals surface area contributed by atoms with E-state index in [-0.39, 0.29) is 5.41 Å². The first kappa shape index (κ1) is 11.7. The zero-order chi connectivity index (χ0) is 12.4. The molecular formula is C16H26O. The van der Waals surface area contributed by atoms with E-state index in [0.717, 1.165) is 30.6 Å². The molecule has 0 aromatic rings. The third-order valence-corrected chi connectivity index (χ3v) is 6.31. The summed E-state index contributed by atoms with van der Waals surface area (Å²) in [6.45, 7) is 9.53. The van der Waals surface area contributed by atoms with Crippen LogP contribution < -0.4 is 0 Å². The first-order valence-corrected chi connectivity index (χ1v) is 7.42. The Morgan fingerprint density at radius 3 is 2.59 bits per heavy atom. The Balaban J connectivity index is 1.98. The number of hydrogen-bond donors (Lipinski definition) is 0. The highest BCUT2D eigenvalue weighted by atomic mass is 16.1. The Hall–Kier alpha value is -0.330. The van der Waals surface area contributed by atoms with Crippen molar-refractivity contribution in [3.8, 4) is 0 Å². The highest BCUT2D eigenvalue weighted by Gasteiger charge is 2.69. The molecule has 0 heterocycles. The Morgan fingerprint density at radius 1 is 1.24 bits per heavy atom. The second-order valence-electron chi connectivity index (χ2n) is 7.86. The maximum absolute atomic E-state index is 12.5. The second kappa shape index (κ2) is 3.36. The third kappa shape index (κ3) is 1.29. The van der Waals surface area contributed by atoms with Crippen LogP contribution in [0.25, 0.3) is 0 Å². The van der Waals surface area contributed by atoms with E-state index in [4.69, 9.17) is 0 Å². The summed E-state index contributed by atoms with van der Waals surface area (Å²) in [7, 11) is 0. The average Bonchev–Trinajstić information content (AvgIpc) is 2.60. The minimum atomic E-state index is 0.148. The molecule has 0 saturated heterocycles. The lowest BCUT2D eigenvalue weighted by molar-refractivity contribution is -0.185. The molecule has 1 nitrogen and oxygen atoms in total. The number of Topliss-reactive ketones (excluding diaryl/α,β-unsaturated/α-hetero) is 1. The number of carbonyl (C=O) groups excluding carboxylic acids is 1. The van der Waals surface area contributed by atoms with Crippen LogP contribution in [-0.4, -0.2) is 5.78 Å². The SMILES string of the molecule is C[C@H]1[C@H]2[C@H](C(C)(C)C)CCC(=O)[C@]23CCC[C@H]13. The van der Waals surface area contributed by atoms with Gasteiger partial charge >= 0.3 is 0 Å². The maximum Gasteiger partial charge on any atom is 0.139 e. The van der Waals surface area contributed by atoms with E-state index in [2.05, 4.69) is 27.7 Å². The van der Waals surface area contributed by atoms with E-state index in [1.807, 2.05) is 0 Å². The Labute approximate surface area is 105 Å². The van der Waals surface area contributed by atoms with Gasteiger partial charge in [-0.15, -0.1) is 0 Å². The van der Waals surface area contributed by atoms with Crippen LogP contribution in [0.15, 0.2) is 0 Å². The molecule has 0 amide bonds. The zero-order valence-corrected chi connectivity index (χ0v) is 11.8. The van der Waals surface area contributed by atoms with Gasteiger partial charge in [-0.25, -0.2) is 0 Å². The second-order valence-corrected chi connectivity index (χ2v) is 7.86. The molecule has 5 atom stereocenters. The van der Waals surface area contributed by atoms with Gasteiger partial charge in [0, 0.05) is 11.8 Å². The van der Waals surface area contributed by atoms with E-state index in [1.54, 1.807) is 0 Å². The summed E-state index contributed by atoms with van der Waals surface area (Å²) in [6, 6.07) is 0. The lowest BCUT2D eigenvalue weighted by Gasteiger charge is -2.64. The van der Waals surface area contributed by atoms with E-state index in [1.165, 1.54) is 19.3 Å². The number of rotatable bonds is 0. The quantitative estimate of drug-likeness (QED) is 0.617. The minimum absolute atomic E-state index is 0.148. The summed E-state index contributed by atoms with van der Waals surface area (Å²) >= 11 is 0. The van der Waals surface area contributed by atoms with Crippen LogP contribution >= 0.6 is 0 Å². The molecule has 0 aromatic carbocycles. The average molecular weight is 234 g/mol. The van der Waals surface area contributed by atoms with Crippen molar-refractivity contribution < 1.29 is 4.79 Å². The fourth-order valence-electron chi connectivity index (χ4n) is 5.73. The molecule has 0 aliphatic heterocycles. The van der Waals surface area contributed by atoms with Crippen molar-refractivity contribution in [3.63, 3.8) is 0 Å². The summed E-state index contributed by atoms with van der Waals surface area (Å²) in [5.41, 5.74) is 0.524. The van der Waals surface area contributed by atoms with Gasteiger partial charge in [-0.05, 0) is 48.3 Å². The summed E-state index contributed by atoms with van der Waals surface area (Å²) in [4.78, 5) is 12.5. The smallest absolute Gasteiger partial charge is 0.139 e. The molecule has 0 unspecified atom stereocenters. The van der Waals surface area contributed by atoms with Gasteiger partial charge in [-0.1, -0.05) is 34.1 Å². The van der Waals surface area contributed by atoms with Crippen molar-refractivity contribution in [3.05, 3.63) is 0 Å². The summed E-state index contributed by atoms with van der Waals surface area (Å²) in [5.74, 6) is 3.64. The third-order valence-electron chi connectivity index (χ3n) is 6.31. The largest absolute Gasteiger partial charge is 0.299 e. The zero-order valence-electron chi connectivity index (χ0n) is 11.8. The fourth-order valence-corrected chi connectivity index (χ4v) is 5.73. The minimum Gasteiger partial charge on any atom is -0.299 e. The van der Waals surface area contributed by atoms with E-state index in [0.29, 0.717) is 17.1 Å². The maximum atomic E-state index is 12.5. The Morgan fingerprint density at radius 2 is 1.94 bits per heavy atom. The van der Waals surface area contributed by atoms with Crippen LogP contribution in [0.2, 0.25) is 0 Å². The van der Waals surface area contributed by atoms with Gasteiger partial charge in [0.15, 0.2) is 0 Å². The standard InChI is InChI=1S/C16H26O/c1-10-11-6-5-9-16(11)13(17)8-7-12(14(10)16)15(2,3)4/h10-12,14H,5-9H2,1-4H3/t10-,11-,12-,14+,16-/m1/s1. The summed E-state index contributed by atoms with van der Waals surface area (Å²) < 4.78 is 0. The lowest BCUT2D eigenvalue weighted by atomic mass is 9.39. The van der Waals surface area contributed by atoms with Gasteiger partial charge in [0.1, 0.15) is 5.78 Å². The molecule has 17 heavy (non-hydrogen) atoms. The van der Waals surface area contributed by atoms with Crippen LogP contribution in [-0.2, 0) is 4.79 Å². The van der Waals surface area contributed by atoms with E-state index >= 15 is 0 Å². The fraction of sp³-hybridized carbons (Fsp3) is 0.938. The topological polar surface area (TPSA) is 17.1 Å². The molecule has 0 radical (unpaired) electrons. The van der Waals surface area contributed by atoms with E-state index < -0.39 is 0 Å². The molecule has 0 N–H and O–H groups in total. The predicted octanol–water partition coefficient (Wildman–Crippen LogP) is 4.06. The normalized spacial score (nSPS) is 49.5. The molecule has 0 aromatic heterocycles. The Kier molecular flexibility index (Phi) is 2.32. The van der Waals surface area contributed by atoms with Gasteiger partial charge in [0.2, 0.25) is 0 Å². The van der Waals surface area contributed by atoms with Gasteiger partial charge in [0.05, 0.1) is 0 Å². The highest BCUT2D eigenvalue weighted by molar-refractivity contribution is 5.88. The molecule has 3 aliphatic carbocycles. The van der Waals surface area contributed by atoms with Crippen molar-refractivity contribution in [2.75, 3.05) is 0 Å². The first-order chi connectivity index (χ1) is 7.89. The molecule has 3 rings (SSSR count). The van der Waals surface area contributed by atoms with Crippen molar-refractivity contribution in [2.45, 2.75) is 59.8 Å². The molecule has 96 valence electrons. The Bertz CT molecular complexity index is 351. The van der Waals surface area contributed by atoms with Crippen molar-refractivity contribution in [1.82, 2.24) is 0 Å². The number of carbonyl (C=O) groups is 1. The summed E-state index contributed by atoms with van der Waals surface area (Å²) in [5, 5.41) is 0. The van der Waals surface area contributed by atoms with Crippen LogP contribution in [0.3, 0.4) is 0 Å². The van der Waals surface area contributed by atoms with Gasteiger partial charge in [-0.2, -0.15) is 0 Å². The van der Waals surface area contributed by atoms with Crippen LogP contribution in [0.1, 0.15) is 59.8 Å². The molecule has 3 fully saturated rings.